The summed E-state index contributed by atoms with van der Waals surface area (Å²) in [7, 11) is 3.09. The van der Waals surface area contributed by atoms with Gasteiger partial charge in [-0.05, 0) is 37.1 Å². The summed E-state index contributed by atoms with van der Waals surface area (Å²) in [6.45, 7) is 0.638. The van der Waals surface area contributed by atoms with Gasteiger partial charge in [0, 0.05) is 28.3 Å². The second-order valence-electron chi connectivity index (χ2n) is 8.03. The number of ether oxygens (including phenoxy) is 2. The number of amides is 1. The van der Waals surface area contributed by atoms with Crippen LogP contribution >= 0.6 is 0 Å². The SMILES string of the molecule is COc1ccc(OC)c(C2C([N+](=O)[O-])C3CCCN3[C@@]23C(=O)Nc2ccccc23)c1. The van der Waals surface area contributed by atoms with Crippen molar-refractivity contribution in [1.82, 2.24) is 4.90 Å². The maximum atomic E-state index is 13.7. The number of nitrogens with zero attached hydrogens (tertiary/aromatic N) is 2. The predicted octanol–water partition coefficient (Wildman–Crippen LogP) is 2.76. The van der Waals surface area contributed by atoms with Gasteiger partial charge in [0.1, 0.15) is 17.0 Å². The van der Waals surface area contributed by atoms with Crippen molar-refractivity contribution >= 4 is 11.6 Å². The van der Waals surface area contributed by atoms with Crippen molar-refractivity contribution in [3.63, 3.8) is 0 Å². The third-order valence-corrected chi connectivity index (χ3v) is 6.89. The molecule has 3 heterocycles. The van der Waals surface area contributed by atoms with Crippen LogP contribution in [-0.2, 0) is 10.3 Å². The Morgan fingerprint density at radius 2 is 2.00 bits per heavy atom. The van der Waals surface area contributed by atoms with E-state index in [0.29, 0.717) is 35.7 Å². The first kappa shape index (κ1) is 18.9. The lowest BCUT2D eigenvalue weighted by molar-refractivity contribution is -0.527. The number of methoxy groups -OCH3 is 2. The number of rotatable bonds is 4. The van der Waals surface area contributed by atoms with E-state index in [-0.39, 0.29) is 16.9 Å². The number of carbonyl (C=O) groups excluding carboxylic acids is 1. The topological polar surface area (TPSA) is 93.9 Å². The Morgan fingerprint density at radius 1 is 1.20 bits per heavy atom. The van der Waals surface area contributed by atoms with Gasteiger partial charge in [0.2, 0.25) is 6.04 Å². The number of carbonyl (C=O) groups is 1. The number of fused-ring (bicyclic) bond motifs is 4. The Balaban J connectivity index is 1.83. The Hall–Kier alpha value is -3.13. The highest BCUT2D eigenvalue weighted by Gasteiger charge is 2.72. The Morgan fingerprint density at radius 3 is 2.73 bits per heavy atom. The second-order valence-corrected chi connectivity index (χ2v) is 8.03. The Bertz CT molecular complexity index is 1040. The van der Waals surface area contributed by atoms with E-state index in [1.807, 2.05) is 24.3 Å². The number of hydrogen-bond donors (Lipinski definition) is 1. The van der Waals surface area contributed by atoms with Crippen LogP contribution in [-0.4, -0.2) is 48.6 Å². The molecule has 5 rings (SSSR count). The van der Waals surface area contributed by atoms with Crippen LogP contribution in [0.3, 0.4) is 0 Å². The van der Waals surface area contributed by atoms with Crippen LogP contribution in [0.15, 0.2) is 42.5 Å². The van der Waals surface area contributed by atoms with Crippen LogP contribution in [0.5, 0.6) is 11.5 Å². The normalized spacial score (nSPS) is 29.5. The molecule has 0 radical (unpaired) electrons. The van der Waals surface area contributed by atoms with E-state index in [0.717, 1.165) is 12.0 Å². The molecule has 2 aromatic rings. The van der Waals surface area contributed by atoms with E-state index in [2.05, 4.69) is 10.2 Å². The molecule has 8 heteroatoms. The standard InChI is InChI=1S/C22H23N3O5/c1-29-13-9-10-18(30-2)14(12-13)19-20(25(27)28)17-8-5-11-24(17)22(19)15-6-3-4-7-16(15)23-21(22)26/h3-4,6-7,9-10,12,17,19-20H,5,8,11H2,1-2H3,(H,23,26)/t17?,19?,20?,22-/m1/s1. The molecule has 0 aliphatic carbocycles. The summed E-state index contributed by atoms with van der Waals surface area (Å²) in [4.78, 5) is 27.9. The van der Waals surface area contributed by atoms with E-state index in [1.54, 1.807) is 25.3 Å². The number of para-hydroxylation sites is 1. The minimum atomic E-state index is -1.16. The number of anilines is 1. The zero-order chi connectivity index (χ0) is 21.0. The van der Waals surface area contributed by atoms with Crippen molar-refractivity contribution in [3.8, 4) is 11.5 Å². The molecule has 3 unspecified atom stereocenters. The van der Waals surface area contributed by atoms with Gasteiger partial charge >= 0.3 is 0 Å². The molecule has 30 heavy (non-hydrogen) atoms. The quantitative estimate of drug-likeness (QED) is 0.617. The van der Waals surface area contributed by atoms with Crippen LogP contribution in [0, 0.1) is 10.1 Å². The molecule has 4 atom stereocenters. The summed E-state index contributed by atoms with van der Waals surface area (Å²) in [5.41, 5.74) is 0.972. The second kappa shape index (κ2) is 6.70. The van der Waals surface area contributed by atoms with Crippen LogP contribution in [0.2, 0.25) is 0 Å². The fraction of sp³-hybridized carbons (Fsp3) is 0.409. The van der Waals surface area contributed by atoms with Crippen LogP contribution in [0.25, 0.3) is 0 Å². The number of hydrogen-bond acceptors (Lipinski definition) is 6. The molecule has 2 aromatic carbocycles. The summed E-state index contributed by atoms with van der Waals surface area (Å²) in [6, 6.07) is 11.5. The van der Waals surface area contributed by atoms with Crippen molar-refractivity contribution in [3.05, 3.63) is 63.7 Å². The smallest absolute Gasteiger partial charge is 0.250 e. The average molecular weight is 409 g/mol. The summed E-state index contributed by atoms with van der Waals surface area (Å²) in [5.74, 6) is 0.161. The Kier molecular flexibility index (Phi) is 4.21. The first-order valence-electron chi connectivity index (χ1n) is 10.1. The minimum absolute atomic E-state index is 0.213. The van der Waals surface area contributed by atoms with Gasteiger partial charge in [-0.15, -0.1) is 0 Å². The highest BCUT2D eigenvalue weighted by atomic mass is 16.6. The van der Waals surface area contributed by atoms with E-state index in [4.69, 9.17) is 9.47 Å². The number of benzene rings is 2. The fourth-order valence-electron chi connectivity index (χ4n) is 5.85. The summed E-state index contributed by atoms with van der Waals surface area (Å²) in [5, 5.41) is 15.4. The average Bonchev–Trinajstić information content (AvgIpc) is 3.40. The largest absolute Gasteiger partial charge is 0.497 e. The molecule has 8 nitrogen and oxygen atoms in total. The fourth-order valence-corrected chi connectivity index (χ4v) is 5.85. The maximum Gasteiger partial charge on any atom is 0.250 e. The molecule has 3 aliphatic heterocycles. The van der Waals surface area contributed by atoms with Gasteiger partial charge in [-0.3, -0.25) is 19.8 Å². The van der Waals surface area contributed by atoms with E-state index in [9.17, 15) is 14.9 Å². The maximum absolute atomic E-state index is 13.7. The minimum Gasteiger partial charge on any atom is -0.497 e. The molecule has 0 aromatic heterocycles. The number of nitro groups is 1. The van der Waals surface area contributed by atoms with E-state index in [1.165, 1.54) is 7.11 Å². The molecule has 156 valence electrons. The molecule has 1 spiro atoms. The monoisotopic (exact) mass is 409 g/mol. The van der Waals surface area contributed by atoms with Gasteiger partial charge in [-0.1, -0.05) is 18.2 Å². The van der Waals surface area contributed by atoms with Crippen molar-refractivity contribution in [2.75, 3.05) is 26.1 Å². The van der Waals surface area contributed by atoms with Crippen molar-refractivity contribution in [1.29, 1.82) is 0 Å². The lowest BCUT2D eigenvalue weighted by Gasteiger charge is -2.36. The first-order chi connectivity index (χ1) is 14.5. The van der Waals surface area contributed by atoms with Crippen molar-refractivity contribution in [2.45, 2.75) is 36.4 Å². The van der Waals surface area contributed by atoms with Crippen LogP contribution in [0.1, 0.15) is 29.9 Å². The molecule has 0 saturated carbocycles. The molecule has 2 saturated heterocycles. The summed E-state index contributed by atoms with van der Waals surface area (Å²) < 4.78 is 11.0. The van der Waals surface area contributed by atoms with Crippen molar-refractivity contribution < 1.29 is 19.2 Å². The summed E-state index contributed by atoms with van der Waals surface area (Å²) in [6.07, 6.45) is 1.51. The third kappa shape index (κ3) is 2.28. The highest BCUT2D eigenvalue weighted by Crippen LogP contribution is 2.60. The van der Waals surface area contributed by atoms with Gasteiger partial charge in [0.05, 0.1) is 26.2 Å². The first-order valence-corrected chi connectivity index (χ1v) is 10.1. The predicted molar refractivity (Wildman–Crippen MR) is 110 cm³/mol. The third-order valence-electron chi connectivity index (χ3n) is 6.89. The van der Waals surface area contributed by atoms with Crippen molar-refractivity contribution in [2.24, 2.45) is 0 Å². The van der Waals surface area contributed by atoms with Gasteiger partial charge in [-0.25, -0.2) is 0 Å². The van der Waals surface area contributed by atoms with Gasteiger partial charge in [-0.2, -0.15) is 0 Å². The molecule has 0 bridgehead atoms. The van der Waals surface area contributed by atoms with E-state index < -0.39 is 17.5 Å². The lowest BCUT2D eigenvalue weighted by Crippen LogP contribution is -2.50. The molecule has 1 amide bonds. The van der Waals surface area contributed by atoms with Gasteiger partial charge in [0.25, 0.3) is 5.91 Å². The highest BCUT2D eigenvalue weighted by molar-refractivity contribution is 6.07. The van der Waals surface area contributed by atoms with Crippen LogP contribution in [0.4, 0.5) is 5.69 Å². The van der Waals surface area contributed by atoms with E-state index >= 15 is 0 Å². The lowest BCUT2D eigenvalue weighted by atomic mass is 9.73. The molecule has 3 aliphatic rings. The zero-order valence-electron chi connectivity index (χ0n) is 16.8. The molecular weight excluding hydrogens is 386 g/mol. The molecule has 2 fully saturated rings. The zero-order valence-corrected chi connectivity index (χ0v) is 16.8. The van der Waals surface area contributed by atoms with Gasteiger partial charge < -0.3 is 14.8 Å². The van der Waals surface area contributed by atoms with Gasteiger partial charge in [0.15, 0.2) is 0 Å². The molecule has 1 N–H and O–H groups in total. The van der Waals surface area contributed by atoms with Crippen LogP contribution < -0.4 is 14.8 Å². The Labute approximate surface area is 173 Å². The molecular formula is C22H23N3O5. The number of nitrogens with one attached hydrogen (secondary N) is 1. The summed E-state index contributed by atoms with van der Waals surface area (Å²) >= 11 is 0.